The average Bonchev–Trinajstić information content (AvgIpc) is 2.67. The summed E-state index contributed by atoms with van der Waals surface area (Å²) in [6, 6.07) is 12.8. The maximum atomic E-state index is 11.8. The highest BCUT2D eigenvalue weighted by Crippen LogP contribution is 2.18. The highest BCUT2D eigenvalue weighted by Gasteiger charge is 2.06. The number of benzene rings is 2. The van der Waals surface area contributed by atoms with E-state index in [2.05, 4.69) is 6.92 Å². The zero-order chi connectivity index (χ0) is 19.5. The summed E-state index contributed by atoms with van der Waals surface area (Å²) in [6.07, 6.45) is 7.59. The Morgan fingerprint density at radius 2 is 1.67 bits per heavy atom. The number of esters is 1. The molecule has 0 amide bonds. The first-order chi connectivity index (χ1) is 13.1. The molecule has 0 fully saturated rings. The maximum Gasteiger partial charge on any atom is 0.336 e. The van der Waals surface area contributed by atoms with Crippen LogP contribution in [-0.2, 0) is 4.79 Å². The van der Waals surface area contributed by atoms with E-state index >= 15 is 0 Å². The van der Waals surface area contributed by atoms with Gasteiger partial charge in [-0.1, -0.05) is 38.3 Å². The standard InChI is InChI=1S/C21H23NO5/c1-2-3-4-5-16-26-19-11-6-17(7-12-19)8-15-21(23)27-20-13-9-18(10-14-20)22(24)25/h6-15H,2-5,16H2,1H3/b15-8+. The van der Waals surface area contributed by atoms with Gasteiger partial charge in [0.05, 0.1) is 11.5 Å². The van der Waals surface area contributed by atoms with Gasteiger partial charge in [0.1, 0.15) is 11.5 Å². The third-order valence-electron chi connectivity index (χ3n) is 3.82. The molecule has 0 heterocycles. The average molecular weight is 369 g/mol. The molecule has 0 unspecified atom stereocenters. The molecule has 2 aromatic carbocycles. The third kappa shape index (κ3) is 7.32. The van der Waals surface area contributed by atoms with Gasteiger partial charge in [0.15, 0.2) is 0 Å². The fraction of sp³-hybridized carbons (Fsp3) is 0.286. The van der Waals surface area contributed by atoms with E-state index in [0.717, 1.165) is 17.7 Å². The summed E-state index contributed by atoms with van der Waals surface area (Å²) in [5.41, 5.74) is 0.784. The van der Waals surface area contributed by atoms with E-state index in [1.165, 1.54) is 49.6 Å². The van der Waals surface area contributed by atoms with E-state index in [1.54, 1.807) is 6.08 Å². The highest BCUT2D eigenvalue weighted by molar-refractivity contribution is 5.88. The molecule has 0 saturated heterocycles. The minimum Gasteiger partial charge on any atom is -0.494 e. The zero-order valence-electron chi connectivity index (χ0n) is 15.3. The molecule has 6 heteroatoms. The van der Waals surface area contributed by atoms with Gasteiger partial charge in [0, 0.05) is 18.2 Å². The number of unbranched alkanes of at least 4 members (excludes halogenated alkanes) is 3. The van der Waals surface area contributed by atoms with Crippen LogP contribution in [0, 0.1) is 10.1 Å². The van der Waals surface area contributed by atoms with Crippen LogP contribution in [0.5, 0.6) is 11.5 Å². The molecule has 6 nitrogen and oxygen atoms in total. The number of hydrogen-bond donors (Lipinski definition) is 0. The number of rotatable bonds is 10. The minimum absolute atomic E-state index is 0.0574. The van der Waals surface area contributed by atoms with Gasteiger partial charge in [0.25, 0.3) is 5.69 Å². The van der Waals surface area contributed by atoms with Crippen LogP contribution < -0.4 is 9.47 Å². The first-order valence-electron chi connectivity index (χ1n) is 8.95. The number of carbonyl (C=O) groups is 1. The van der Waals surface area contributed by atoms with Gasteiger partial charge in [-0.15, -0.1) is 0 Å². The molecule has 0 spiro atoms. The number of hydrogen-bond acceptors (Lipinski definition) is 5. The van der Waals surface area contributed by atoms with Crippen molar-refractivity contribution in [3.63, 3.8) is 0 Å². The van der Waals surface area contributed by atoms with Crippen molar-refractivity contribution in [3.05, 3.63) is 70.3 Å². The van der Waals surface area contributed by atoms with Gasteiger partial charge in [-0.3, -0.25) is 10.1 Å². The lowest BCUT2D eigenvalue weighted by Crippen LogP contribution is -2.03. The van der Waals surface area contributed by atoms with Gasteiger partial charge >= 0.3 is 5.97 Å². The second kappa shape index (κ2) is 10.8. The van der Waals surface area contributed by atoms with Crippen LogP contribution in [-0.4, -0.2) is 17.5 Å². The highest BCUT2D eigenvalue weighted by atomic mass is 16.6. The summed E-state index contributed by atoms with van der Waals surface area (Å²) >= 11 is 0. The first kappa shape index (κ1) is 20.2. The molecular weight excluding hydrogens is 346 g/mol. The lowest BCUT2D eigenvalue weighted by atomic mass is 10.2. The van der Waals surface area contributed by atoms with E-state index in [9.17, 15) is 14.9 Å². The number of non-ortho nitro benzene ring substituents is 1. The Balaban J connectivity index is 1.80. The molecule has 0 aliphatic rings. The summed E-state index contributed by atoms with van der Waals surface area (Å²) in [5.74, 6) is 0.499. The summed E-state index contributed by atoms with van der Waals surface area (Å²) in [5, 5.41) is 10.6. The molecule has 0 atom stereocenters. The molecule has 27 heavy (non-hydrogen) atoms. The van der Waals surface area contributed by atoms with Gasteiger partial charge < -0.3 is 9.47 Å². The first-order valence-corrected chi connectivity index (χ1v) is 8.95. The van der Waals surface area contributed by atoms with Crippen molar-refractivity contribution in [3.8, 4) is 11.5 Å². The van der Waals surface area contributed by atoms with Gasteiger partial charge in [-0.05, 0) is 42.3 Å². The molecule has 0 saturated carbocycles. The third-order valence-corrected chi connectivity index (χ3v) is 3.82. The molecular formula is C21H23NO5. The second-order valence-electron chi connectivity index (χ2n) is 5.98. The van der Waals surface area contributed by atoms with Crippen LogP contribution in [0.4, 0.5) is 5.69 Å². The monoisotopic (exact) mass is 369 g/mol. The molecule has 2 rings (SSSR count). The lowest BCUT2D eigenvalue weighted by Gasteiger charge is -2.06. The molecule has 0 bridgehead atoms. The Kier molecular flexibility index (Phi) is 8.03. The van der Waals surface area contributed by atoms with Crippen LogP contribution in [0.1, 0.15) is 38.2 Å². The molecule has 0 radical (unpaired) electrons. The molecule has 0 N–H and O–H groups in total. The normalized spacial score (nSPS) is 10.7. The van der Waals surface area contributed by atoms with Crippen LogP contribution in [0.3, 0.4) is 0 Å². The van der Waals surface area contributed by atoms with Gasteiger partial charge in [-0.2, -0.15) is 0 Å². The van der Waals surface area contributed by atoms with Crippen LogP contribution >= 0.6 is 0 Å². The SMILES string of the molecule is CCCCCCOc1ccc(/C=C/C(=O)Oc2ccc([N+](=O)[O-])cc2)cc1. The fourth-order valence-corrected chi connectivity index (χ4v) is 2.34. The summed E-state index contributed by atoms with van der Waals surface area (Å²) < 4.78 is 10.8. The number of ether oxygens (including phenoxy) is 2. The maximum absolute atomic E-state index is 11.8. The molecule has 0 aliphatic heterocycles. The molecule has 0 aliphatic carbocycles. The summed E-state index contributed by atoms with van der Waals surface area (Å²) in [4.78, 5) is 21.9. The Labute approximate surface area is 158 Å². The van der Waals surface area contributed by atoms with E-state index in [4.69, 9.17) is 9.47 Å². The largest absolute Gasteiger partial charge is 0.494 e. The van der Waals surface area contributed by atoms with Gasteiger partial charge in [-0.25, -0.2) is 4.79 Å². The van der Waals surface area contributed by atoms with Crippen molar-refractivity contribution < 1.29 is 19.2 Å². The molecule has 142 valence electrons. The Hall–Kier alpha value is -3.15. The van der Waals surface area contributed by atoms with Crippen LogP contribution in [0.25, 0.3) is 6.08 Å². The van der Waals surface area contributed by atoms with Crippen molar-refractivity contribution in [1.29, 1.82) is 0 Å². The number of carbonyl (C=O) groups excluding carboxylic acids is 1. The summed E-state index contributed by atoms with van der Waals surface area (Å²) in [6.45, 7) is 2.88. The molecule has 2 aromatic rings. The van der Waals surface area contributed by atoms with Crippen molar-refractivity contribution in [2.45, 2.75) is 32.6 Å². The van der Waals surface area contributed by atoms with Gasteiger partial charge in [0.2, 0.25) is 0 Å². The quantitative estimate of drug-likeness (QED) is 0.144. The van der Waals surface area contributed by atoms with E-state index < -0.39 is 10.9 Å². The van der Waals surface area contributed by atoms with Crippen LogP contribution in [0.2, 0.25) is 0 Å². The van der Waals surface area contributed by atoms with E-state index in [-0.39, 0.29) is 11.4 Å². The summed E-state index contributed by atoms with van der Waals surface area (Å²) in [7, 11) is 0. The van der Waals surface area contributed by atoms with E-state index in [0.29, 0.717) is 6.61 Å². The lowest BCUT2D eigenvalue weighted by molar-refractivity contribution is -0.384. The topological polar surface area (TPSA) is 78.7 Å². The van der Waals surface area contributed by atoms with E-state index in [1.807, 2.05) is 24.3 Å². The smallest absolute Gasteiger partial charge is 0.336 e. The van der Waals surface area contributed by atoms with Crippen molar-refractivity contribution >= 4 is 17.7 Å². The van der Waals surface area contributed by atoms with Crippen molar-refractivity contribution in [2.24, 2.45) is 0 Å². The Morgan fingerprint density at radius 3 is 2.30 bits per heavy atom. The zero-order valence-corrected chi connectivity index (χ0v) is 15.3. The second-order valence-corrected chi connectivity index (χ2v) is 5.98. The minimum atomic E-state index is -0.555. The predicted octanol–water partition coefficient (Wildman–Crippen LogP) is 5.17. The number of nitro benzene ring substituents is 1. The molecule has 0 aromatic heterocycles. The Morgan fingerprint density at radius 1 is 1.00 bits per heavy atom. The number of nitro groups is 1. The Bertz CT molecular complexity index is 766. The van der Waals surface area contributed by atoms with Crippen molar-refractivity contribution in [1.82, 2.24) is 0 Å². The number of nitrogens with zero attached hydrogens (tertiary/aromatic N) is 1. The fourth-order valence-electron chi connectivity index (χ4n) is 2.34. The predicted molar refractivity (Wildman–Crippen MR) is 104 cm³/mol. The van der Waals surface area contributed by atoms with Crippen LogP contribution in [0.15, 0.2) is 54.6 Å². The van der Waals surface area contributed by atoms with Crippen molar-refractivity contribution in [2.75, 3.05) is 6.61 Å².